The SMILES string of the molecule is CC1(C)C(/C=C/C2=C(Cl)C(=C/C=C3/N(CCCOS(=O)O)C4CCC5CCCCC5C4C3(C)C)/CCC2)=[N+](CCCOOOS)C2CCC3CCCCC3C21. The number of rotatable bonds is 14. The molecule has 8 nitrogen and oxygen atoms in total. The second-order valence-corrected chi connectivity index (χ2v) is 20.2. The normalized spacial score (nSPS) is 36.4. The van der Waals surface area contributed by atoms with E-state index in [0.29, 0.717) is 30.5 Å². The quantitative estimate of drug-likeness (QED) is 0.0344. The van der Waals surface area contributed by atoms with Crippen LogP contribution in [0.4, 0.5) is 0 Å². The molecule has 55 heavy (non-hydrogen) atoms. The van der Waals surface area contributed by atoms with Crippen LogP contribution in [0.5, 0.6) is 0 Å². The highest BCUT2D eigenvalue weighted by Gasteiger charge is 2.60. The topological polar surface area (TPSA) is 80.5 Å². The summed E-state index contributed by atoms with van der Waals surface area (Å²) < 4.78 is 32.6. The molecule has 0 spiro atoms. The van der Waals surface area contributed by atoms with E-state index in [9.17, 15) is 8.76 Å². The minimum atomic E-state index is -2.23. The Morgan fingerprint density at radius 1 is 0.855 bits per heavy atom. The lowest BCUT2D eigenvalue weighted by molar-refractivity contribution is -0.571. The van der Waals surface area contributed by atoms with E-state index in [-0.39, 0.29) is 17.4 Å². The number of nitrogens with zero attached hydrogens (tertiary/aromatic N) is 2. The molecule has 2 aliphatic heterocycles. The summed E-state index contributed by atoms with van der Waals surface area (Å²) in [5.41, 5.74) is 5.42. The third kappa shape index (κ3) is 8.83. The minimum Gasteiger partial charge on any atom is -0.371 e. The summed E-state index contributed by atoms with van der Waals surface area (Å²) in [4.78, 5) is 7.84. The van der Waals surface area contributed by atoms with Crippen LogP contribution in [0.3, 0.4) is 0 Å². The van der Waals surface area contributed by atoms with Crippen molar-refractivity contribution in [2.24, 2.45) is 46.3 Å². The third-order valence-electron chi connectivity index (χ3n) is 15.5. The van der Waals surface area contributed by atoms with Crippen molar-refractivity contribution in [3.63, 3.8) is 0 Å². The highest BCUT2D eigenvalue weighted by atomic mass is 35.5. The average Bonchev–Trinajstić information content (AvgIpc) is 3.53. The molecular weight excluding hydrogens is 752 g/mol. The Kier molecular flexibility index (Phi) is 14.2. The van der Waals surface area contributed by atoms with E-state index in [1.54, 1.807) is 0 Å². The van der Waals surface area contributed by atoms with Crippen molar-refractivity contribution in [3.8, 4) is 0 Å². The number of hydrogen-bond donors (Lipinski definition) is 2. The molecule has 5 aliphatic carbocycles. The number of allylic oxidation sites excluding steroid dienone is 8. The molecule has 7 rings (SSSR count). The van der Waals surface area contributed by atoms with Gasteiger partial charge in [-0.3, -0.25) is 8.74 Å². The Hall–Kier alpha value is -0.980. The summed E-state index contributed by atoms with van der Waals surface area (Å²) in [7, 11) is 0. The van der Waals surface area contributed by atoms with E-state index in [2.05, 4.69) is 83.8 Å². The van der Waals surface area contributed by atoms with Gasteiger partial charge in [0.2, 0.25) is 0 Å². The van der Waals surface area contributed by atoms with Gasteiger partial charge in [-0.05, 0) is 118 Å². The molecule has 9 unspecified atom stereocenters. The second kappa shape index (κ2) is 18.5. The highest BCUT2D eigenvalue weighted by molar-refractivity contribution is 7.75. The molecule has 0 aromatic carbocycles. The number of halogens is 1. The van der Waals surface area contributed by atoms with Gasteiger partial charge < -0.3 is 4.90 Å². The summed E-state index contributed by atoms with van der Waals surface area (Å²) in [6.07, 6.45) is 30.3. The molecule has 2 heterocycles. The average molecular weight is 821 g/mol. The Labute approximate surface area is 344 Å². The van der Waals surface area contributed by atoms with Crippen LogP contribution in [0, 0.1) is 46.3 Å². The Bertz CT molecular complexity index is 1560. The van der Waals surface area contributed by atoms with Gasteiger partial charge in [0.25, 0.3) is 0 Å². The molecule has 1 N–H and O–H groups in total. The van der Waals surface area contributed by atoms with Crippen molar-refractivity contribution < 1.29 is 31.8 Å². The number of fused-ring (bicyclic) bond motifs is 6. The van der Waals surface area contributed by atoms with Crippen molar-refractivity contribution in [2.45, 2.75) is 149 Å². The smallest absolute Gasteiger partial charge is 0.301 e. The summed E-state index contributed by atoms with van der Waals surface area (Å²) in [6, 6.07) is 1.06. The fraction of sp³-hybridized carbons (Fsp3) is 0.795. The van der Waals surface area contributed by atoms with Gasteiger partial charge in [0.1, 0.15) is 6.54 Å². The lowest BCUT2D eigenvalue weighted by Gasteiger charge is -2.47. The zero-order valence-electron chi connectivity index (χ0n) is 33.9. The number of thiol groups is 1. The van der Waals surface area contributed by atoms with Gasteiger partial charge >= 0.3 is 11.4 Å². The van der Waals surface area contributed by atoms with E-state index in [1.165, 1.54) is 99.6 Å². The van der Waals surface area contributed by atoms with Gasteiger partial charge in [-0.15, -0.1) is 4.33 Å². The number of hydrogen-bond acceptors (Lipinski definition) is 7. The number of likely N-dealkylation sites (tertiary alicyclic amines) is 1. The largest absolute Gasteiger partial charge is 0.371 e. The maximum atomic E-state index is 11.3. The van der Waals surface area contributed by atoms with Gasteiger partial charge in [0.05, 0.1) is 18.6 Å². The first kappa shape index (κ1) is 42.2. The predicted molar refractivity (Wildman–Crippen MR) is 223 cm³/mol. The zero-order chi connectivity index (χ0) is 38.7. The molecule has 0 radical (unpaired) electrons. The van der Waals surface area contributed by atoms with Crippen molar-refractivity contribution in [1.29, 1.82) is 0 Å². The van der Waals surface area contributed by atoms with Crippen LogP contribution in [0.25, 0.3) is 0 Å². The molecule has 5 fully saturated rings. The Balaban J connectivity index is 1.17. The van der Waals surface area contributed by atoms with Gasteiger partial charge in [0.15, 0.2) is 11.8 Å². The third-order valence-corrected chi connectivity index (χ3v) is 16.4. The van der Waals surface area contributed by atoms with Gasteiger partial charge in [-0.25, -0.2) is 9.46 Å². The molecular formula is C44H68ClN2O6S2+. The standard InChI is InChI=1S/C44H67ClN2O6S2/c1-43(2)38(46(26-10-28-50-52-53-54)36-22-18-30-12-5-7-16-34(30)40(36)43)24-20-32-14-9-15-33(42(32)45)21-25-39-44(3,4)41-35-17-8-6-13-31(35)19-23-37(41)47(39)27-11-29-51-55(48)49/h20-21,24-25,30-31,34-37,40-41H,5-19,22-23,26-29H2,1-4H3,(H-,48,49,54)/p+1. The molecule has 9 atom stereocenters. The predicted octanol–water partition coefficient (Wildman–Crippen LogP) is 10.7. The maximum absolute atomic E-state index is 11.3. The summed E-state index contributed by atoms with van der Waals surface area (Å²) in [6.45, 7) is 12.4. The molecule has 11 heteroatoms. The van der Waals surface area contributed by atoms with Crippen LogP contribution in [0.15, 0.2) is 46.2 Å². The fourth-order valence-corrected chi connectivity index (χ4v) is 14.1. The molecule has 308 valence electrons. The lowest BCUT2D eigenvalue weighted by Crippen LogP contribution is -2.46. The summed E-state index contributed by atoms with van der Waals surface area (Å²) in [5, 5.41) is 5.52. The first-order chi connectivity index (χ1) is 26.5. The van der Waals surface area contributed by atoms with Crippen molar-refractivity contribution in [2.75, 3.05) is 26.3 Å². The molecule has 0 bridgehead atoms. The van der Waals surface area contributed by atoms with E-state index in [1.807, 2.05) is 0 Å². The van der Waals surface area contributed by atoms with E-state index < -0.39 is 11.4 Å². The van der Waals surface area contributed by atoms with Crippen molar-refractivity contribution in [3.05, 3.63) is 46.2 Å². The first-order valence-electron chi connectivity index (χ1n) is 21.8. The van der Waals surface area contributed by atoms with Crippen LogP contribution in [0.2, 0.25) is 0 Å². The summed E-state index contributed by atoms with van der Waals surface area (Å²) in [5.74, 6) is 4.57. The molecule has 1 saturated heterocycles. The summed E-state index contributed by atoms with van der Waals surface area (Å²) >= 11 is 8.81. The van der Waals surface area contributed by atoms with Gasteiger partial charge in [-0.2, -0.15) is 4.21 Å². The fourth-order valence-electron chi connectivity index (χ4n) is 13.5. The molecule has 0 aromatic rings. The maximum Gasteiger partial charge on any atom is 0.301 e. The monoisotopic (exact) mass is 819 g/mol. The molecule has 0 aromatic heterocycles. The van der Waals surface area contributed by atoms with E-state index in [4.69, 9.17) is 20.7 Å². The van der Waals surface area contributed by atoms with Gasteiger partial charge in [-0.1, -0.05) is 81.2 Å². The zero-order valence-corrected chi connectivity index (χ0v) is 36.4. The second-order valence-electron chi connectivity index (χ2n) is 19.0. The van der Waals surface area contributed by atoms with Gasteiger partial charge in [0, 0.05) is 66.5 Å². The Morgan fingerprint density at radius 3 is 2.29 bits per heavy atom. The van der Waals surface area contributed by atoms with Crippen LogP contribution in [-0.2, 0) is 29.8 Å². The first-order valence-corrected chi connectivity index (χ1v) is 23.5. The van der Waals surface area contributed by atoms with E-state index >= 15 is 0 Å². The van der Waals surface area contributed by atoms with Crippen LogP contribution in [-0.4, -0.2) is 62.3 Å². The molecule has 0 amide bonds. The van der Waals surface area contributed by atoms with Crippen LogP contribution < -0.4 is 0 Å². The van der Waals surface area contributed by atoms with Crippen molar-refractivity contribution in [1.82, 2.24) is 4.90 Å². The van der Waals surface area contributed by atoms with Crippen molar-refractivity contribution >= 4 is 41.6 Å². The highest BCUT2D eigenvalue weighted by Crippen LogP contribution is 2.60. The minimum absolute atomic E-state index is 0.0375. The molecule has 7 aliphatic rings. The Morgan fingerprint density at radius 2 is 1.56 bits per heavy atom. The van der Waals surface area contributed by atoms with Crippen LogP contribution >= 0.6 is 24.5 Å². The lowest BCUT2D eigenvalue weighted by atomic mass is 9.57. The van der Waals surface area contributed by atoms with Crippen LogP contribution in [0.1, 0.15) is 137 Å². The van der Waals surface area contributed by atoms with E-state index in [0.717, 1.165) is 73.9 Å². The molecule has 4 saturated carbocycles.